The highest BCUT2D eigenvalue weighted by Crippen LogP contribution is 2.69. The Morgan fingerprint density at radius 1 is 1.00 bits per heavy atom. The number of hydroxylamine groups is 2. The van der Waals surface area contributed by atoms with Crippen LogP contribution in [0.2, 0.25) is 0 Å². The van der Waals surface area contributed by atoms with Crippen LogP contribution in [-0.4, -0.2) is 55.8 Å². The third-order valence-corrected chi connectivity index (χ3v) is 11.1. The number of Topliss-reactive ketones (excluding diaryl/α,β-unsaturated/α-hetero) is 1. The van der Waals surface area contributed by atoms with E-state index in [0.29, 0.717) is 31.3 Å². The van der Waals surface area contributed by atoms with Gasteiger partial charge in [0.2, 0.25) is 0 Å². The standard InChI is InChI=1S/C25H41NO5/c1-15(27)25(29)9-7-18-16-12-20(28)19-13-24(26(30)21(2,3)14-31-24)11-10-22(19,4)17(16)6-8-23(18,25)5/h16-20,28-30H,6-14H2,1-5H3. The molecule has 9 unspecified atom stereocenters. The molecule has 1 aliphatic heterocycles. The second-order valence-corrected chi connectivity index (χ2v) is 12.8. The zero-order valence-corrected chi connectivity index (χ0v) is 19.9. The summed E-state index contributed by atoms with van der Waals surface area (Å²) in [6, 6.07) is 0. The van der Waals surface area contributed by atoms with Gasteiger partial charge in [0.1, 0.15) is 11.3 Å². The first-order valence-corrected chi connectivity index (χ1v) is 12.4. The fourth-order valence-corrected chi connectivity index (χ4v) is 9.15. The Labute approximate surface area is 186 Å². The van der Waals surface area contributed by atoms with Gasteiger partial charge in [-0.3, -0.25) is 4.79 Å². The Kier molecular flexibility index (Phi) is 4.69. The number of aliphatic hydroxyl groups excluding tert-OH is 1. The van der Waals surface area contributed by atoms with Crippen LogP contribution in [-0.2, 0) is 9.53 Å². The predicted molar refractivity (Wildman–Crippen MR) is 115 cm³/mol. The van der Waals surface area contributed by atoms with Crippen LogP contribution in [0.15, 0.2) is 0 Å². The van der Waals surface area contributed by atoms with Crippen LogP contribution >= 0.6 is 0 Å². The number of carbonyl (C=O) groups excluding carboxylic acids is 1. The summed E-state index contributed by atoms with van der Waals surface area (Å²) in [6.07, 6.45) is 5.91. The van der Waals surface area contributed by atoms with Crippen molar-refractivity contribution in [3.05, 3.63) is 0 Å². The smallest absolute Gasteiger partial charge is 0.161 e. The van der Waals surface area contributed by atoms with E-state index in [4.69, 9.17) is 4.74 Å². The molecule has 3 N–H and O–H groups in total. The topological polar surface area (TPSA) is 90.2 Å². The van der Waals surface area contributed by atoms with Gasteiger partial charge < -0.3 is 20.2 Å². The Morgan fingerprint density at radius 2 is 1.68 bits per heavy atom. The molecule has 9 atom stereocenters. The average Bonchev–Trinajstić information content (AvgIpc) is 3.10. The summed E-state index contributed by atoms with van der Waals surface area (Å²) >= 11 is 0. The molecule has 1 saturated heterocycles. The number of hydrogen-bond acceptors (Lipinski definition) is 6. The molecule has 5 aliphatic rings. The predicted octanol–water partition coefficient (Wildman–Crippen LogP) is 3.52. The summed E-state index contributed by atoms with van der Waals surface area (Å²) in [5.41, 5.74) is -2.72. The Bertz CT molecular complexity index is 786. The second-order valence-electron chi connectivity index (χ2n) is 12.8. The molecule has 6 nitrogen and oxygen atoms in total. The molecule has 1 spiro atoms. The highest BCUT2D eigenvalue weighted by atomic mass is 16.6. The quantitative estimate of drug-likeness (QED) is 0.584. The maximum Gasteiger partial charge on any atom is 0.161 e. The van der Waals surface area contributed by atoms with Crippen molar-refractivity contribution in [2.45, 2.75) is 109 Å². The van der Waals surface area contributed by atoms with E-state index >= 15 is 0 Å². The minimum atomic E-state index is -1.22. The number of ether oxygens (including phenoxy) is 1. The van der Waals surface area contributed by atoms with Gasteiger partial charge >= 0.3 is 0 Å². The number of ketones is 1. The van der Waals surface area contributed by atoms with Gasteiger partial charge in [-0.2, -0.15) is 5.06 Å². The molecule has 1 heterocycles. The lowest BCUT2D eigenvalue weighted by molar-refractivity contribution is -0.292. The van der Waals surface area contributed by atoms with E-state index in [0.717, 1.165) is 38.5 Å². The molecule has 0 radical (unpaired) electrons. The van der Waals surface area contributed by atoms with Crippen LogP contribution in [0.1, 0.15) is 86.0 Å². The van der Waals surface area contributed by atoms with Crippen molar-refractivity contribution < 1.29 is 25.0 Å². The highest BCUT2D eigenvalue weighted by molar-refractivity contribution is 5.86. The number of nitrogens with zero attached hydrogens (tertiary/aromatic N) is 1. The molecule has 0 aromatic heterocycles. The zero-order valence-electron chi connectivity index (χ0n) is 19.9. The van der Waals surface area contributed by atoms with Crippen molar-refractivity contribution in [2.24, 2.45) is 34.5 Å². The number of aliphatic hydroxyl groups is 2. The summed E-state index contributed by atoms with van der Waals surface area (Å²) < 4.78 is 6.22. The molecule has 6 heteroatoms. The van der Waals surface area contributed by atoms with Crippen LogP contribution in [0.5, 0.6) is 0 Å². The van der Waals surface area contributed by atoms with E-state index in [-0.39, 0.29) is 28.4 Å². The monoisotopic (exact) mass is 435 g/mol. The molecule has 0 amide bonds. The Balaban J connectivity index is 1.44. The highest BCUT2D eigenvalue weighted by Gasteiger charge is 2.69. The summed E-state index contributed by atoms with van der Waals surface area (Å²) in [7, 11) is 0. The van der Waals surface area contributed by atoms with E-state index in [9.17, 15) is 20.2 Å². The molecule has 0 bridgehead atoms. The van der Waals surface area contributed by atoms with Crippen molar-refractivity contribution in [3.8, 4) is 0 Å². The van der Waals surface area contributed by atoms with Gasteiger partial charge in [0.05, 0.1) is 18.2 Å². The maximum absolute atomic E-state index is 12.4. The Hall–Kier alpha value is -0.530. The number of carbonyl (C=O) groups is 1. The summed E-state index contributed by atoms with van der Waals surface area (Å²) in [6.45, 7) is 10.5. The van der Waals surface area contributed by atoms with Gasteiger partial charge in [-0.25, -0.2) is 0 Å². The zero-order chi connectivity index (χ0) is 22.6. The molecular weight excluding hydrogens is 394 g/mol. The van der Waals surface area contributed by atoms with E-state index in [1.54, 1.807) is 0 Å². The molecule has 31 heavy (non-hydrogen) atoms. The number of fused-ring (bicyclic) bond motifs is 5. The lowest BCUT2D eigenvalue weighted by Crippen LogP contribution is -2.64. The van der Waals surface area contributed by atoms with Crippen LogP contribution in [0.25, 0.3) is 0 Å². The van der Waals surface area contributed by atoms with Gasteiger partial charge in [-0.15, -0.1) is 0 Å². The Morgan fingerprint density at radius 3 is 2.29 bits per heavy atom. The number of rotatable bonds is 1. The summed E-state index contributed by atoms with van der Waals surface area (Å²) in [4.78, 5) is 12.4. The van der Waals surface area contributed by atoms with Gasteiger partial charge in [0.15, 0.2) is 5.78 Å². The van der Waals surface area contributed by atoms with Gasteiger partial charge in [-0.1, -0.05) is 13.8 Å². The van der Waals surface area contributed by atoms with Gasteiger partial charge in [0.25, 0.3) is 0 Å². The minimum Gasteiger partial charge on any atom is -0.393 e. The summed E-state index contributed by atoms with van der Waals surface area (Å²) in [5, 5.41) is 35.1. The van der Waals surface area contributed by atoms with Crippen LogP contribution in [0, 0.1) is 34.5 Å². The molecule has 5 fully saturated rings. The van der Waals surface area contributed by atoms with Crippen molar-refractivity contribution in [1.29, 1.82) is 0 Å². The molecular formula is C25H41NO5. The van der Waals surface area contributed by atoms with Crippen molar-refractivity contribution in [3.63, 3.8) is 0 Å². The van der Waals surface area contributed by atoms with Crippen LogP contribution in [0.3, 0.4) is 0 Å². The normalized spacial score (nSPS) is 56.2. The van der Waals surface area contributed by atoms with Crippen molar-refractivity contribution in [2.75, 3.05) is 6.61 Å². The van der Waals surface area contributed by atoms with Crippen LogP contribution < -0.4 is 0 Å². The largest absolute Gasteiger partial charge is 0.393 e. The first-order chi connectivity index (χ1) is 14.3. The first-order valence-electron chi connectivity index (χ1n) is 12.4. The molecule has 176 valence electrons. The molecule has 4 aliphatic carbocycles. The van der Waals surface area contributed by atoms with Crippen molar-refractivity contribution >= 4 is 5.78 Å². The van der Waals surface area contributed by atoms with E-state index in [1.165, 1.54) is 12.0 Å². The fourth-order valence-electron chi connectivity index (χ4n) is 9.15. The van der Waals surface area contributed by atoms with Gasteiger partial charge in [-0.05, 0) is 101 Å². The molecule has 0 aromatic carbocycles. The molecule has 4 saturated carbocycles. The van der Waals surface area contributed by atoms with E-state index in [1.807, 2.05) is 13.8 Å². The maximum atomic E-state index is 12.4. The second kappa shape index (κ2) is 6.53. The summed E-state index contributed by atoms with van der Waals surface area (Å²) in [5.74, 6) is 1.08. The SMILES string of the molecule is CC(=O)C1(O)CCC2C3CC(O)C4CC5(CCC4(C)C3CCC21C)OCC(C)(C)N5O. The van der Waals surface area contributed by atoms with E-state index in [2.05, 4.69) is 13.8 Å². The fraction of sp³-hybridized carbons (Fsp3) is 0.960. The van der Waals surface area contributed by atoms with Crippen LogP contribution in [0.4, 0.5) is 0 Å². The van der Waals surface area contributed by atoms with E-state index < -0.39 is 23.0 Å². The molecule has 0 aromatic rings. The first kappa shape index (κ1) is 22.3. The lowest BCUT2D eigenvalue weighted by atomic mass is 9.43. The number of hydrogen-bond donors (Lipinski definition) is 3. The third kappa shape index (κ3) is 2.66. The van der Waals surface area contributed by atoms with Crippen molar-refractivity contribution in [1.82, 2.24) is 5.06 Å². The molecule has 5 rings (SSSR count). The lowest BCUT2D eigenvalue weighted by Gasteiger charge is -2.64. The minimum absolute atomic E-state index is 0.0111. The third-order valence-electron chi connectivity index (χ3n) is 11.1. The average molecular weight is 436 g/mol. The van der Waals surface area contributed by atoms with Gasteiger partial charge in [0, 0.05) is 5.41 Å².